The highest BCUT2D eigenvalue weighted by Gasteiger charge is 2.19. The average Bonchev–Trinajstić information content (AvgIpc) is 2.48. The van der Waals surface area contributed by atoms with Gasteiger partial charge >= 0.3 is 5.97 Å². The van der Waals surface area contributed by atoms with Gasteiger partial charge in [0.1, 0.15) is 17.7 Å². The Morgan fingerprint density at radius 2 is 1.83 bits per heavy atom. The molecule has 0 bridgehead atoms. The van der Waals surface area contributed by atoms with Crippen LogP contribution in [0.2, 0.25) is 0 Å². The molecule has 0 radical (unpaired) electrons. The summed E-state index contributed by atoms with van der Waals surface area (Å²) >= 11 is 0. The Bertz CT molecular complexity index is 847. The molecule has 2 rings (SSSR count). The third-order valence-corrected chi connectivity index (χ3v) is 4.29. The Balaban J connectivity index is 2.24. The van der Waals surface area contributed by atoms with Crippen molar-refractivity contribution in [2.75, 3.05) is 6.26 Å². The topological polar surface area (TPSA) is 60.4 Å². The van der Waals surface area contributed by atoms with Crippen molar-refractivity contribution in [1.82, 2.24) is 0 Å². The van der Waals surface area contributed by atoms with Crippen LogP contribution in [-0.4, -0.2) is 20.6 Å². The molecule has 1 atom stereocenters. The monoisotopic (exact) mass is 340 g/mol. The SMILES string of the molecule is CC(OC(=O)c1cccc(S(C)(=O)=O)c1)c1cc(F)ccc1F. The smallest absolute Gasteiger partial charge is 0.338 e. The third-order valence-electron chi connectivity index (χ3n) is 3.18. The molecule has 23 heavy (non-hydrogen) atoms. The van der Waals surface area contributed by atoms with E-state index in [2.05, 4.69) is 0 Å². The Morgan fingerprint density at radius 3 is 2.48 bits per heavy atom. The molecule has 0 fully saturated rings. The number of rotatable bonds is 4. The number of carbonyl (C=O) groups is 1. The number of ether oxygens (including phenoxy) is 1. The molecule has 7 heteroatoms. The van der Waals surface area contributed by atoms with E-state index in [1.54, 1.807) is 0 Å². The lowest BCUT2D eigenvalue weighted by Gasteiger charge is -2.14. The predicted molar refractivity (Wildman–Crippen MR) is 79.7 cm³/mol. The van der Waals surface area contributed by atoms with Crippen molar-refractivity contribution in [2.45, 2.75) is 17.9 Å². The van der Waals surface area contributed by atoms with Gasteiger partial charge in [0.25, 0.3) is 0 Å². The van der Waals surface area contributed by atoms with Crippen LogP contribution in [0.15, 0.2) is 47.4 Å². The van der Waals surface area contributed by atoms with Crippen molar-refractivity contribution in [3.8, 4) is 0 Å². The second-order valence-corrected chi connectivity index (χ2v) is 7.03. The van der Waals surface area contributed by atoms with Gasteiger partial charge in [0.15, 0.2) is 9.84 Å². The van der Waals surface area contributed by atoms with E-state index in [0.29, 0.717) is 0 Å². The van der Waals surface area contributed by atoms with Gasteiger partial charge in [-0.2, -0.15) is 0 Å². The zero-order valence-electron chi connectivity index (χ0n) is 12.4. The van der Waals surface area contributed by atoms with Gasteiger partial charge in [-0.3, -0.25) is 0 Å². The van der Waals surface area contributed by atoms with E-state index >= 15 is 0 Å². The number of benzene rings is 2. The highest BCUT2D eigenvalue weighted by atomic mass is 32.2. The molecule has 0 aliphatic rings. The summed E-state index contributed by atoms with van der Waals surface area (Å²) in [6, 6.07) is 8.16. The molecule has 0 aliphatic carbocycles. The second kappa shape index (κ2) is 6.45. The van der Waals surface area contributed by atoms with Crippen LogP contribution < -0.4 is 0 Å². The highest BCUT2D eigenvalue weighted by Crippen LogP contribution is 2.23. The molecule has 0 spiro atoms. The lowest BCUT2D eigenvalue weighted by Crippen LogP contribution is -2.11. The summed E-state index contributed by atoms with van der Waals surface area (Å²) in [6.45, 7) is 1.40. The maximum atomic E-state index is 13.7. The first-order chi connectivity index (χ1) is 10.7. The van der Waals surface area contributed by atoms with E-state index in [1.807, 2.05) is 0 Å². The molecule has 0 saturated carbocycles. The molecular formula is C16H14F2O4S. The normalized spacial score (nSPS) is 12.7. The molecule has 2 aromatic rings. The van der Waals surface area contributed by atoms with E-state index in [-0.39, 0.29) is 16.0 Å². The van der Waals surface area contributed by atoms with Crippen molar-refractivity contribution in [3.63, 3.8) is 0 Å². The number of hydrogen-bond acceptors (Lipinski definition) is 4. The number of sulfone groups is 1. The van der Waals surface area contributed by atoms with Crippen LogP contribution in [0.1, 0.15) is 28.9 Å². The largest absolute Gasteiger partial charge is 0.454 e. The van der Waals surface area contributed by atoms with Crippen molar-refractivity contribution in [2.24, 2.45) is 0 Å². The number of carbonyl (C=O) groups excluding carboxylic acids is 1. The zero-order chi connectivity index (χ0) is 17.2. The fraction of sp³-hybridized carbons (Fsp3) is 0.188. The van der Waals surface area contributed by atoms with Gasteiger partial charge in [0.2, 0.25) is 0 Å². The van der Waals surface area contributed by atoms with Gasteiger partial charge < -0.3 is 4.74 Å². The Hall–Kier alpha value is -2.28. The Morgan fingerprint density at radius 1 is 1.13 bits per heavy atom. The van der Waals surface area contributed by atoms with E-state index in [9.17, 15) is 22.0 Å². The van der Waals surface area contributed by atoms with Gasteiger partial charge in [0, 0.05) is 11.8 Å². The minimum absolute atomic E-state index is 0.0107. The average molecular weight is 340 g/mol. The maximum absolute atomic E-state index is 13.7. The lowest BCUT2D eigenvalue weighted by atomic mass is 10.1. The van der Waals surface area contributed by atoms with Crippen LogP contribution >= 0.6 is 0 Å². The fourth-order valence-electron chi connectivity index (χ4n) is 1.97. The first-order valence-electron chi connectivity index (χ1n) is 6.64. The van der Waals surface area contributed by atoms with E-state index in [0.717, 1.165) is 24.5 Å². The molecule has 0 N–H and O–H groups in total. The third kappa shape index (κ3) is 4.13. The van der Waals surface area contributed by atoms with Crippen LogP contribution in [0.25, 0.3) is 0 Å². The minimum Gasteiger partial charge on any atom is -0.454 e. The molecule has 0 heterocycles. The van der Waals surface area contributed by atoms with E-state index in [1.165, 1.54) is 31.2 Å². The lowest BCUT2D eigenvalue weighted by molar-refractivity contribution is 0.0330. The Labute approximate surface area is 132 Å². The van der Waals surface area contributed by atoms with E-state index < -0.39 is 33.5 Å². The van der Waals surface area contributed by atoms with Gasteiger partial charge in [0.05, 0.1) is 10.5 Å². The molecule has 4 nitrogen and oxygen atoms in total. The fourth-order valence-corrected chi connectivity index (χ4v) is 2.64. The van der Waals surface area contributed by atoms with Crippen molar-refractivity contribution >= 4 is 15.8 Å². The molecule has 2 aromatic carbocycles. The molecule has 0 aliphatic heterocycles. The van der Waals surface area contributed by atoms with Crippen LogP contribution in [0.4, 0.5) is 8.78 Å². The quantitative estimate of drug-likeness (QED) is 0.802. The molecule has 0 amide bonds. The van der Waals surface area contributed by atoms with Crippen molar-refractivity contribution in [3.05, 3.63) is 65.2 Å². The summed E-state index contributed by atoms with van der Waals surface area (Å²) in [6.07, 6.45) is -0.0116. The van der Waals surface area contributed by atoms with Gasteiger partial charge in [-0.1, -0.05) is 6.07 Å². The number of hydrogen-bond donors (Lipinski definition) is 0. The summed E-state index contributed by atoms with van der Waals surface area (Å²) in [5.41, 5.74) is -0.0887. The van der Waals surface area contributed by atoms with Crippen LogP contribution in [0.3, 0.4) is 0 Å². The summed E-state index contributed by atoms with van der Waals surface area (Å²) in [5.74, 6) is -2.17. The maximum Gasteiger partial charge on any atom is 0.338 e. The zero-order valence-corrected chi connectivity index (χ0v) is 13.2. The van der Waals surface area contributed by atoms with Crippen LogP contribution in [0.5, 0.6) is 0 Å². The summed E-state index contributed by atoms with van der Waals surface area (Å²) in [7, 11) is -3.47. The molecule has 0 aromatic heterocycles. The molecule has 122 valence electrons. The standard InChI is InChI=1S/C16H14F2O4S/c1-10(14-9-12(17)6-7-15(14)18)22-16(19)11-4-3-5-13(8-11)23(2,20)21/h3-10H,1-2H3. The summed E-state index contributed by atoms with van der Waals surface area (Å²) in [4.78, 5) is 12.0. The highest BCUT2D eigenvalue weighted by molar-refractivity contribution is 7.90. The Kier molecular flexibility index (Phi) is 4.79. The minimum atomic E-state index is -3.47. The summed E-state index contributed by atoms with van der Waals surface area (Å²) in [5, 5.41) is 0. The van der Waals surface area contributed by atoms with Gasteiger partial charge in [-0.05, 0) is 43.3 Å². The predicted octanol–water partition coefficient (Wildman–Crippen LogP) is 3.29. The first-order valence-corrected chi connectivity index (χ1v) is 8.53. The van der Waals surface area contributed by atoms with Crippen molar-refractivity contribution in [1.29, 1.82) is 0 Å². The molecule has 0 saturated heterocycles. The second-order valence-electron chi connectivity index (χ2n) is 5.01. The van der Waals surface area contributed by atoms with E-state index in [4.69, 9.17) is 4.74 Å². The van der Waals surface area contributed by atoms with Gasteiger partial charge in [-0.15, -0.1) is 0 Å². The first kappa shape index (κ1) is 17.1. The molecular weight excluding hydrogens is 326 g/mol. The van der Waals surface area contributed by atoms with Crippen LogP contribution in [-0.2, 0) is 14.6 Å². The van der Waals surface area contributed by atoms with Gasteiger partial charge in [-0.25, -0.2) is 22.0 Å². The summed E-state index contributed by atoms with van der Waals surface area (Å²) < 4.78 is 54.9. The molecule has 1 unspecified atom stereocenters. The number of esters is 1. The van der Waals surface area contributed by atoms with Crippen LogP contribution in [0, 0.1) is 11.6 Å². The van der Waals surface area contributed by atoms with Crippen molar-refractivity contribution < 1.29 is 26.7 Å². The number of halogens is 2.